The summed E-state index contributed by atoms with van der Waals surface area (Å²) in [6.45, 7) is 4.21. The molecule has 0 bridgehead atoms. The Morgan fingerprint density at radius 3 is 2.79 bits per heavy atom. The molecule has 0 aliphatic carbocycles. The van der Waals surface area contributed by atoms with Crippen LogP contribution in [0, 0.1) is 11.3 Å². The van der Waals surface area contributed by atoms with Crippen LogP contribution in [0.4, 0.5) is 5.95 Å². The third kappa shape index (κ3) is 2.70. The Morgan fingerprint density at radius 2 is 2.21 bits per heavy atom. The minimum absolute atomic E-state index is 0.379. The zero-order valence-corrected chi connectivity index (χ0v) is 8.49. The van der Waals surface area contributed by atoms with Crippen molar-refractivity contribution in [3.8, 4) is 6.07 Å². The molecule has 4 nitrogen and oxygen atoms in total. The smallest absolute Gasteiger partial charge is 0.224 e. The van der Waals surface area contributed by atoms with Gasteiger partial charge in [-0.15, -0.1) is 0 Å². The van der Waals surface area contributed by atoms with Gasteiger partial charge in [0.05, 0.1) is 0 Å². The minimum atomic E-state index is 0.379. The molecule has 1 heterocycles. The molecule has 1 rings (SSSR count). The summed E-state index contributed by atoms with van der Waals surface area (Å²) in [6, 6.07) is 3.96. The number of nitriles is 1. The highest BCUT2D eigenvalue weighted by Gasteiger charge is 2.04. The summed E-state index contributed by atoms with van der Waals surface area (Å²) < 4.78 is 0. The molecule has 0 aliphatic rings. The van der Waals surface area contributed by atoms with E-state index >= 15 is 0 Å². The van der Waals surface area contributed by atoms with Crippen LogP contribution in [0.3, 0.4) is 0 Å². The zero-order valence-electron chi connectivity index (χ0n) is 8.49. The molecule has 0 unspecified atom stereocenters. The first kappa shape index (κ1) is 10.5. The molecule has 0 saturated carbocycles. The first-order valence-corrected chi connectivity index (χ1v) is 4.79. The number of anilines is 1. The molecule has 0 spiro atoms. The molecule has 0 fully saturated rings. The second-order valence-electron chi connectivity index (χ2n) is 3.04. The van der Waals surface area contributed by atoms with Crippen LogP contribution in [0.2, 0.25) is 0 Å². The van der Waals surface area contributed by atoms with Gasteiger partial charge in [0.1, 0.15) is 11.8 Å². The maximum Gasteiger partial charge on any atom is 0.224 e. The van der Waals surface area contributed by atoms with E-state index in [4.69, 9.17) is 5.26 Å². The molecular formula is C10H14N4. The lowest BCUT2D eigenvalue weighted by Crippen LogP contribution is -2.18. The van der Waals surface area contributed by atoms with Gasteiger partial charge in [0.15, 0.2) is 0 Å². The first-order valence-electron chi connectivity index (χ1n) is 4.79. The van der Waals surface area contributed by atoms with E-state index in [-0.39, 0.29) is 0 Å². The summed E-state index contributed by atoms with van der Waals surface area (Å²) in [6.07, 6.45) is 3.64. The van der Waals surface area contributed by atoms with Crippen LogP contribution < -0.4 is 5.32 Å². The molecule has 0 saturated heterocycles. The van der Waals surface area contributed by atoms with E-state index in [1.165, 1.54) is 0 Å². The number of nitrogens with zero attached hydrogens (tertiary/aromatic N) is 3. The summed E-state index contributed by atoms with van der Waals surface area (Å²) in [5, 5.41) is 11.8. The van der Waals surface area contributed by atoms with Gasteiger partial charge >= 0.3 is 0 Å². The van der Waals surface area contributed by atoms with Crippen molar-refractivity contribution in [1.29, 1.82) is 5.26 Å². The summed E-state index contributed by atoms with van der Waals surface area (Å²) in [4.78, 5) is 8.09. The second kappa shape index (κ2) is 5.18. The van der Waals surface area contributed by atoms with Gasteiger partial charge < -0.3 is 5.32 Å². The van der Waals surface area contributed by atoms with Crippen molar-refractivity contribution in [2.45, 2.75) is 32.7 Å². The fourth-order valence-electron chi connectivity index (χ4n) is 1.17. The highest BCUT2D eigenvalue weighted by atomic mass is 15.1. The number of hydrogen-bond acceptors (Lipinski definition) is 4. The summed E-state index contributed by atoms with van der Waals surface area (Å²) in [5.74, 6) is 0.540. The molecular weight excluding hydrogens is 176 g/mol. The highest BCUT2D eigenvalue weighted by Crippen LogP contribution is 2.06. The fraction of sp³-hybridized carbons (Fsp3) is 0.500. The number of aromatic nitrogens is 2. The Hall–Kier alpha value is -1.63. The van der Waals surface area contributed by atoms with E-state index < -0.39 is 0 Å². The van der Waals surface area contributed by atoms with Crippen LogP contribution in [-0.4, -0.2) is 16.0 Å². The van der Waals surface area contributed by atoms with Gasteiger partial charge in [-0.05, 0) is 18.9 Å². The van der Waals surface area contributed by atoms with Crippen LogP contribution in [0.1, 0.15) is 32.4 Å². The molecule has 1 aromatic rings. The SMILES string of the molecule is CCC(CC)Nc1nccc(C#N)n1. The predicted octanol–water partition coefficient (Wildman–Crippen LogP) is 1.95. The van der Waals surface area contributed by atoms with Crippen molar-refractivity contribution in [3.05, 3.63) is 18.0 Å². The van der Waals surface area contributed by atoms with Crippen molar-refractivity contribution in [1.82, 2.24) is 9.97 Å². The maximum atomic E-state index is 8.64. The molecule has 0 radical (unpaired) electrons. The predicted molar refractivity (Wildman–Crippen MR) is 54.7 cm³/mol. The fourth-order valence-corrected chi connectivity index (χ4v) is 1.17. The summed E-state index contributed by atoms with van der Waals surface area (Å²) >= 11 is 0. The third-order valence-corrected chi connectivity index (χ3v) is 2.09. The molecule has 1 aromatic heterocycles. The Balaban J connectivity index is 2.72. The molecule has 4 heteroatoms. The number of nitrogens with one attached hydrogen (secondary N) is 1. The Morgan fingerprint density at radius 1 is 1.50 bits per heavy atom. The average molecular weight is 190 g/mol. The summed E-state index contributed by atoms with van der Waals surface area (Å²) in [7, 11) is 0. The van der Waals surface area contributed by atoms with Gasteiger partial charge in [0.25, 0.3) is 0 Å². The van der Waals surface area contributed by atoms with Crippen LogP contribution in [0.25, 0.3) is 0 Å². The number of rotatable bonds is 4. The number of hydrogen-bond donors (Lipinski definition) is 1. The monoisotopic (exact) mass is 190 g/mol. The van der Waals surface area contributed by atoms with E-state index in [0.717, 1.165) is 12.8 Å². The highest BCUT2D eigenvalue weighted by molar-refractivity contribution is 5.30. The van der Waals surface area contributed by atoms with Crippen LogP contribution in [-0.2, 0) is 0 Å². The Kier molecular flexibility index (Phi) is 3.86. The van der Waals surface area contributed by atoms with Gasteiger partial charge in [-0.2, -0.15) is 5.26 Å². The molecule has 0 aromatic carbocycles. The lowest BCUT2D eigenvalue weighted by atomic mass is 10.2. The molecule has 74 valence electrons. The molecule has 14 heavy (non-hydrogen) atoms. The molecule has 0 amide bonds. The topological polar surface area (TPSA) is 61.6 Å². The van der Waals surface area contributed by atoms with E-state index in [1.54, 1.807) is 12.3 Å². The van der Waals surface area contributed by atoms with E-state index in [1.807, 2.05) is 6.07 Å². The van der Waals surface area contributed by atoms with Gasteiger partial charge in [-0.1, -0.05) is 13.8 Å². The van der Waals surface area contributed by atoms with Crippen molar-refractivity contribution in [2.24, 2.45) is 0 Å². The van der Waals surface area contributed by atoms with Crippen molar-refractivity contribution in [2.75, 3.05) is 5.32 Å². The lowest BCUT2D eigenvalue weighted by Gasteiger charge is -2.13. The van der Waals surface area contributed by atoms with Crippen LogP contribution in [0.15, 0.2) is 12.3 Å². The summed E-state index contributed by atoms with van der Waals surface area (Å²) in [5.41, 5.74) is 0.397. The van der Waals surface area contributed by atoms with Crippen molar-refractivity contribution >= 4 is 5.95 Å². The average Bonchev–Trinajstić information content (AvgIpc) is 2.26. The molecule has 0 aliphatic heterocycles. The zero-order chi connectivity index (χ0) is 10.4. The van der Waals surface area contributed by atoms with Crippen LogP contribution >= 0.6 is 0 Å². The van der Waals surface area contributed by atoms with Gasteiger partial charge in [-0.25, -0.2) is 9.97 Å². The van der Waals surface area contributed by atoms with Gasteiger partial charge in [0.2, 0.25) is 5.95 Å². The maximum absolute atomic E-state index is 8.64. The molecule has 1 N–H and O–H groups in total. The van der Waals surface area contributed by atoms with Crippen LogP contribution in [0.5, 0.6) is 0 Å². The standard InChI is InChI=1S/C10H14N4/c1-3-8(4-2)13-10-12-6-5-9(7-11)14-10/h5-6,8H,3-4H2,1-2H3,(H,12,13,14). The Bertz CT molecular complexity index is 325. The van der Waals surface area contributed by atoms with E-state index in [2.05, 4.69) is 29.1 Å². The van der Waals surface area contributed by atoms with Crippen molar-refractivity contribution in [3.63, 3.8) is 0 Å². The first-order chi connectivity index (χ1) is 6.80. The minimum Gasteiger partial charge on any atom is -0.351 e. The van der Waals surface area contributed by atoms with E-state index in [0.29, 0.717) is 17.7 Å². The van der Waals surface area contributed by atoms with Gasteiger partial charge in [0, 0.05) is 12.2 Å². The lowest BCUT2D eigenvalue weighted by molar-refractivity contribution is 0.664. The van der Waals surface area contributed by atoms with Crippen molar-refractivity contribution < 1.29 is 0 Å². The third-order valence-electron chi connectivity index (χ3n) is 2.09. The Labute approximate surface area is 84.0 Å². The largest absolute Gasteiger partial charge is 0.351 e. The normalized spacial score (nSPS) is 9.86. The quantitative estimate of drug-likeness (QED) is 0.788. The molecule has 0 atom stereocenters. The second-order valence-corrected chi connectivity index (χ2v) is 3.04. The van der Waals surface area contributed by atoms with E-state index in [9.17, 15) is 0 Å². The van der Waals surface area contributed by atoms with Gasteiger partial charge in [-0.3, -0.25) is 0 Å².